The molecule has 3 aromatic rings. The van der Waals surface area contributed by atoms with Gasteiger partial charge in [0.1, 0.15) is 11.6 Å². The first-order valence-corrected chi connectivity index (χ1v) is 6.05. The van der Waals surface area contributed by atoms with Crippen LogP contribution in [0.4, 0.5) is 5.69 Å². The molecule has 0 aliphatic rings. The molecule has 0 radical (unpaired) electrons. The van der Waals surface area contributed by atoms with Crippen LogP contribution in [0.1, 0.15) is 0 Å². The van der Waals surface area contributed by atoms with Crippen molar-refractivity contribution < 1.29 is 10.0 Å². The summed E-state index contributed by atoms with van der Waals surface area (Å²) in [5, 5.41) is 21.2. The van der Waals surface area contributed by atoms with E-state index in [4.69, 9.17) is 11.6 Å². The van der Waals surface area contributed by atoms with Crippen LogP contribution in [0.15, 0.2) is 36.4 Å². The molecule has 0 aliphatic heterocycles. The first-order chi connectivity index (χ1) is 9.54. The standard InChI is InChI=1S/C13H8ClN3O3/c14-7-1-3-10-11(5-7)16-13(15-10)9-6-8(17(19)20)2-4-12(9)18/h1-6,18H,(H,15,16). The minimum atomic E-state index is -0.525. The van der Waals surface area contributed by atoms with Crippen LogP contribution < -0.4 is 0 Å². The zero-order valence-electron chi connectivity index (χ0n) is 10.0. The van der Waals surface area contributed by atoms with Crippen LogP contribution in [0.2, 0.25) is 5.02 Å². The summed E-state index contributed by atoms with van der Waals surface area (Å²) in [7, 11) is 0. The second-order valence-corrected chi connectivity index (χ2v) is 4.64. The summed E-state index contributed by atoms with van der Waals surface area (Å²) >= 11 is 5.89. The lowest BCUT2D eigenvalue weighted by atomic mass is 10.1. The van der Waals surface area contributed by atoms with E-state index < -0.39 is 4.92 Å². The number of aromatic nitrogens is 2. The number of benzene rings is 2. The smallest absolute Gasteiger partial charge is 0.270 e. The Kier molecular flexibility index (Phi) is 2.80. The fourth-order valence-electron chi connectivity index (χ4n) is 1.94. The molecule has 0 saturated carbocycles. The van der Waals surface area contributed by atoms with Crippen LogP contribution in [-0.2, 0) is 0 Å². The Labute approximate surface area is 117 Å². The Morgan fingerprint density at radius 1 is 1.25 bits per heavy atom. The summed E-state index contributed by atoms with van der Waals surface area (Å²) in [6.07, 6.45) is 0. The Balaban J connectivity index is 2.19. The van der Waals surface area contributed by atoms with Gasteiger partial charge in [-0.15, -0.1) is 0 Å². The molecular weight excluding hydrogens is 282 g/mol. The van der Waals surface area contributed by atoms with Crippen LogP contribution in [0, 0.1) is 10.1 Å². The molecule has 3 rings (SSSR count). The molecule has 1 aromatic heterocycles. The molecule has 20 heavy (non-hydrogen) atoms. The first-order valence-electron chi connectivity index (χ1n) is 5.67. The zero-order valence-corrected chi connectivity index (χ0v) is 10.8. The summed E-state index contributed by atoms with van der Waals surface area (Å²) in [6, 6.07) is 8.90. The molecule has 0 aliphatic carbocycles. The van der Waals surface area contributed by atoms with Crippen LogP contribution in [-0.4, -0.2) is 20.0 Å². The largest absolute Gasteiger partial charge is 0.507 e. The Hall–Kier alpha value is -2.60. The number of hydrogen-bond donors (Lipinski definition) is 2. The SMILES string of the molecule is O=[N+]([O-])c1ccc(O)c(-c2nc3ccc(Cl)cc3[nH]2)c1. The lowest BCUT2D eigenvalue weighted by molar-refractivity contribution is -0.384. The third-order valence-corrected chi connectivity index (χ3v) is 3.13. The van der Waals surface area contributed by atoms with Gasteiger partial charge in [0.05, 0.1) is 21.5 Å². The Bertz CT molecular complexity index is 829. The topological polar surface area (TPSA) is 92.1 Å². The van der Waals surface area contributed by atoms with E-state index in [2.05, 4.69) is 9.97 Å². The number of nitrogens with one attached hydrogen (secondary N) is 1. The predicted octanol–water partition coefficient (Wildman–Crippen LogP) is 3.50. The number of aromatic hydroxyl groups is 1. The van der Waals surface area contributed by atoms with Gasteiger partial charge in [0.25, 0.3) is 5.69 Å². The van der Waals surface area contributed by atoms with Gasteiger partial charge in [0.2, 0.25) is 0 Å². The molecular formula is C13H8ClN3O3. The number of non-ortho nitro benzene ring substituents is 1. The van der Waals surface area contributed by atoms with Gasteiger partial charge < -0.3 is 10.1 Å². The lowest BCUT2D eigenvalue weighted by Crippen LogP contribution is -1.89. The quantitative estimate of drug-likeness (QED) is 0.558. The van der Waals surface area contributed by atoms with E-state index in [0.717, 1.165) is 0 Å². The predicted molar refractivity (Wildman–Crippen MR) is 74.9 cm³/mol. The highest BCUT2D eigenvalue weighted by Gasteiger charge is 2.15. The van der Waals surface area contributed by atoms with Crippen LogP contribution in [0.25, 0.3) is 22.4 Å². The second-order valence-electron chi connectivity index (χ2n) is 4.21. The van der Waals surface area contributed by atoms with Gasteiger partial charge >= 0.3 is 0 Å². The van der Waals surface area contributed by atoms with Crippen molar-refractivity contribution in [2.24, 2.45) is 0 Å². The van der Waals surface area contributed by atoms with Crippen molar-refractivity contribution in [2.75, 3.05) is 0 Å². The van der Waals surface area contributed by atoms with Gasteiger partial charge in [0, 0.05) is 17.2 Å². The van der Waals surface area contributed by atoms with Crippen molar-refractivity contribution in [1.29, 1.82) is 0 Å². The van der Waals surface area contributed by atoms with Gasteiger partial charge in [0.15, 0.2) is 0 Å². The number of rotatable bonds is 2. The van der Waals surface area contributed by atoms with Gasteiger partial charge in [-0.1, -0.05) is 11.6 Å². The average molecular weight is 290 g/mol. The maximum absolute atomic E-state index is 10.8. The summed E-state index contributed by atoms with van der Waals surface area (Å²) in [5.74, 6) is 0.268. The van der Waals surface area contributed by atoms with Crippen molar-refractivity contribution in [3.8, 4) is 17.1 Å². The number of halogens is 1. The number of phenolic OH excluding ortho intramolecular Hbond substituents is 1. The number of phenols is 1. The number of nitro groups is 1. The third-order valence-electron chi connectivity index (χ3n) is 2.89. The van der Waals surface area contributed by atoms with Crippen LogP contribution in [0.5, 0.6) is 5.75 Å². The van der Waals surface area contributed by atoms with E-state index in [1.54, 1.807) is 18.2 Å². The molecule has 0 amide bonds. The van der Waals surface area contributed by atoms with Crippen molar-refractivity contribution in [2.45, 2.75) is 0 Å². The molecule has 6 nitrogen and oxygen atoms in total. The van der Waals surface area contributed by atoms with Crippen molar-refractivity contribution >= 4 is 28.3 Å². The third kappa shape index (κ3) is 2.06. The zero-order chi connectivity index (χ0) is 14.3. The van der Waals surface area contributed by atoms with E-state index in [1.165, 1.54) is 18.2 Å². The van der Waals surface area contributed by atoms with E-state index in [9.17, 15) is 15.2 Å². The van der Waals surface area contributed by atoms with Gasteiger partial charge in [-0.2, -0.15) is 0 Å². The number of hydrogen-bond acceptors (Lipinski definition) is 4. The maximum atomic E-state index is 10.8. The lowest BCUT2D eigenvalue weighted by Gasteiger charge is -2.00. The number of imidazole rings is 1. The number of fused-ring (bicyclic) bond motifs is 1. The monoisotopic (exact) mass is 289 g/mol. The molecule has 0 atom stereocenters. The van der Waals surface area contributed by atoms with E-state index in [1.807, 2.05) is 0 Å². The summed E-state index contributed by atoms with van der Waals surface area (Å²) in [4.78, 5) is 17.5. The molecule has 1 heterocycles. The van der Waals surface area contributed by atoms with Crippen molar-refractivity contribution in [3.05, 3.63) is 51.5 Å². The molecule has 0 unspecified atom stereocenters. The average Bonchev–Trinajstić information content (AvgIpc) is 2.81. The first kappa shape index (κ1) is 12.4. The fourth-order valence-corrected chi connectivity index (χ4v) is 2.11. The second kappa shape index (κ2) is 4.50. The minimum Gasteiger partial charge on any atom is -0.507 e. The van der Waals surface area contributed by atoms with Crippen LogP contribution in [0.3, 0.4) is 0 Å². The highest BCUT2D eigenvalue weighted by Crippen LogP contribution is 2.32. The molecule has 0 bridgehead atoms. The molecule has 2 aromatic carbocycles. The van der Waals surface area contributed by atoms with Gasteiger partial charge in [-0.05, 0) is 24.3 Å². The fraction of sp³-hybridized carbons (Fsp3) is 0. The molecule has 7 heteroatoms. The number of nitro benzene ring substituents is 1. The van der Waals surface area contributed by atoms with E-state index >= 15 is 0 Å². The number of H-pyrrole nitrogens is 1. The molecule has 0 fully saturated rings. The van der Waals surface area contributed by atoms with Gasteiger partial charge in [-0.3, -0.25) is 10.1 Å². The summed E-state index contributed by atoms with van der Waals surface area (Å²) < 4.78 is 0. The van der Waals surface area contributed by atoms with E-state index in [-0.39, 0.29) is 17.0 Å². The van der Waals surface area contributed by atoms with Gasteiger partial charge in [-0.25, -0.2) is 4.98 Å². The maximum Gasteiger partial charge on any atom is 0.270 e. The van der Waals surface area contributed by atoms with Crippen molar-refractivity contribution in [3.63, 3.8) is 0 Å². The highest BCUT2D eigenvalue weighted by atomic mass is 35.5. The summed E-state index contributed by atoms with van der Waals surface area (Å²) in [5.41, 5.74) is 1.51. The van der Waals surface area contributed by atoms with Crippen LogP contribution >= 0.6 is 11.6 Å². The molecule has 0 saturated heterocycles. The van der Waals surface area contributed by atoms with E-state index in [0.29, 0.717) is 21.9 Å². The Morgan fingerprint density at radius 3 is 2.80 bits per heavy atom. The summed E-state index contributed by atoms with van der Waals surface area (Å²) in [6.45, 7) is 0. The molecule has 2 N–H and O–H groups in total. The van der Waals surface area contributed by atoms with Crippen molar-refractivity contribution in [1.82, 2.24) is 9.97 Å². The molecule has 0 spiro atoms. The minimum absolute atomic E-state index is 0.0826. The number of aromatic amines is 1. The normalized spacial score (nSPS) is 10.8. The number of nitrogens with zero attached hydrogens (tertiary/aromatic N) is 2. The Morgan fingerprint density at radius 2 is 2.05 bits per heavy atom. The molecule has 100 valence electrons. The highest BCUT2D eigenvalue weighted by molar-refractivity contribution is 6.31.